The van der Waals surface area contributed by atoms with Crippen molar-refractivity contribution >= 4 is 29.9 Å². The summed E-state index contributed by atoms with van der Waals surface area (Å²) >= 11 is 0. The summed E-state index contributed by atoms with van der Waals surface area (Å²) in [7, 11) is 1.79. The number of hydrogen-bond acceptors (Lipinski definition) is 2. The molecule has 6 heteroatoms. The third kappa shape index (κ3) is 6.71. The van der Waals surface area contributed by atoms with Crippen molar-refractivity contribution in [2.24, 2.45) is 4.99 Å². The first kappa shape index (κ1) is 21.0. The van der Waals surface area contributed by atoms with Crippen molar-refractivity contribution in [1.82, 2.24) is 20.4 Å². The first-order valence-electron chi connectivity index (χ1n) is 8.78. The summed E-state index contributed by atoms with van der Waals surface area (Å²) in [5, 5.41) is 11.0. The number of nitrogens with one attached hydrogen (secondary N) is 2. The molecule has 1 heterocycles. The molecule has 0 fully saturated rings. The molecule has 0 amide bonds. The van der Waals surface area contributed by atoms with E-state index >= 15 is 0 Å². The average molecular weight is 475 g/mol. The van der Waals surface area contributed by atoms with E-state index in [1.807, 2.05) is 16.9 Å². The van der Waals surface area contributed by atoms with Crippen LogP contribution in [0, 0.1) is 6.92 Å². The molecule has 1 aromatic heterocycles. The fraction of sp³-hybridized carbons (Fsp3) is 0.238. The van der Waals surface area contributed by atoms with Crippen LogP contribution in [0.2, 0.25) is 0 Å². The van der Waals surface area contributed by atoms with Gasteiger partial charge in [0.1, 0.15) is 0 Å². The molecule has 0 aliphatic heterocycles. The third-order valence-electron chi connectivity index (χ3n) is 4.12. The Morgan fingerprint density at radius 3 is 2.26 bits per heavy atom. The van der Waals surface area contributed by atoms with Crippen LogP contribution in [-0.2, 0) is 19.6 Å². The SMILES string of the molecule is CN=C(NCc1cccc(C)c1)NCc1cccc(Cn2cccn2)c1.I. The molecule has 0 spiro atoms. The smallest absolute Gasteiger partial charge is 0.191 e. The van der Waals surface area contributed by atoms with E-state index in [0.29, 0.717) is 0 Å². The van der Waals surface area contributed by atoms with Gasteiger partial charge in [0.05, 0.1) is 6.54 Å². The van der Waals surface area contributed by atoms with Gasteiger partial charge in [-0.3, -0.25) is 9.67 Å². The highest BCUT2D eigenvalue weighted by molar-refractivity contribution is 14.0. The lowest BCUT2D eigenvalue weighted by molar-refractivity contribution is 0.685. The Labute approximate surface area is 177 Å². The van der Waals surface area contributed by atoms with Gasteiger partial charge in [-0.25, -0.2) is 0 Å². The highest BCUT2D eigenvalue weighted by Gasteiger charge is 2.01. The minimum absolute atomic E-state index is 0. The van der Waals surface area contributed by atoms with E-state index < -0.39 is 0 Å². The first-order chi connectivity index (χ1) is 12.7. The molecule has 142 valence electrons. The van der Waals surface area contributed by atoms with Gasteiger partial charge in [-0.15, -0.1) is 24.0 Å². The van der Waals surface area contributed by atoms with E-state index in [-0.39, 0.29) is 24.0 Å². The maximum absolute atomic E-state index is 4.30. The number of benzene rings is 2. The number of guanidine groups is 1. The van der Waals surface area contributed by atoms with Gasteiger partial charge in [-0.05, 0) is 29.7 Å². The van der Waals surface area contributed by atoms with Crippen molar-refractivity contribution in [3.05, 3.63) is 89.2 Å². The molecule has 2 N–H and O–H groups in total. The summed E-state index contributed by atoms with van der Waals surface area (Å²) < 4.78 is 1.93. The van der Waals surface area contributed by atoms with Crippen molar-refractivity contribution in [2.75, 3.05) is 7.05 Å². The van der Waals surface area contributed by atoms with Gasteiger partial charge in [0.2, 0.25) is 0 Å². The quantitative estimate of drug-likeness (QED) is 0.325. The van der Waals surface area contributed by atoms with E-state index in [1.165, 1.54) is 22.3 Å². The molecule has 0 unspecified atom stereocenters. The summed E-state index contributed by atoms with van der Waals surface area (Å²) in [6.07, 6.45) is 3.78. The van der Waals surface area contributed by atoms with Gasteiger partial charge in [-0.2, -0.15) is 5.10 Å². The van der Waals surface area contributed by atoms with Gasteiger partial charge < -0.3 is 10.6 Å². The predicted molar refractivity (Wildman–Crippen MR) is 121 cm³/mol. The largest absolute Gasteiger partial charge is 0.352 e. The zero-order chi connectivity index (χ0) is 18.2. The average Bonchev–Trinajstić information content (AvgIpc) is 3.15. The van der Waals surface area contributed by atoms with Crippen LogP contribution in [0.15, 0.2) is 72.0 Å². The number of aromatic nitrogens is 2. The second-order valence-electron chi connectivity index (χ2n) is 6.29. The highest BCUT2D eigenvalue weighted by atomic mass is 127. The zero-order valence-corrected chi connectivity index (χ0v) is 18.1. The maximum Gasteiger partial charge on any atom is 0.191 e. The topological polar surface area (TPSA) is 54.2 Å². The number of nitrogens with zero attached hydrogens (tertiary/aromatic N) is 3. The van der Waals surface area contributed by atoms with Crippen molar-refractivity contribution < 1.29 is 0 Å². The van der Waals surface area contributed by atoms with Crippen molar-refractivity contribution in [1.29, 1.82) is 0 Å². The molecule has 0 radical (unpaired) electrons. The van der Waals surface area contributed by atoms with Gasteiger partial charge >= 0.3 is 0 Å². The first-order valence-corrected chi connectivity index (χ1v) is 8.78. The van der Waals surface area contributed by atoms with Crippen molar-refractivity contribution in [3.63, 3.8) is 0 Å². The van der Waals surface area contributed by atoms with E-state index in [9.17, 15) is 0 Å². The Kier molecular flexibility index (Phi) is 8.32. The Morgan fingerprint density at radius 1 is 0.963 bits per heavy atom. The number of hydrogen-bond donors (Lipinski definition) is 2. The van der Waals surface area contributed by atoms with Crippen LogP contribution in [0.5, 0.6) is 0 Å². The van der Waals surface area contributed by atoms with E-state index in [4.69, 9.17) is 0 Å². The number of aliphatic imine (C=N–C) groups is 1. The molecule has 5 nitrogen and oxygen atoms in total. The Bertz CT molecular complexity index is 859. The molecule has 0 saturated carbocycles. The van der Waals surface area contributed by atoms with Crippen LogP contribution in [0.4, 0.5) is 0 Å². The molecule has 3 rings (SSSR count). The number of halogens is 1. The van der Waals surface area contributed by atoms with Crippen LogP contribution in [-0.4, -0.2) is 22.8 Å². The van der Waals surface area contributed by atoms with E-state index in [2.05, 4.69) is 76.2 Å². The van der Waals surface area contributed by atoms with Gasteiger partial charge in [0, 0.05) is 32.5 Å². The molecule has 0 atom stereocenters. The molecular weight excluding hydrogens is 449 g/mol. The summed E-state index contributed by atoms with van der Waals surface area (Å²) in [6, 6.07) is 18.9. The van der Waals surface area contributed by atoms with E-state index in [0.717, 1.165) is 25.6 Å². The third-order valence-corrected chi connectivity index (χ3v) is 4.12. The van der Waals surface area contributed by atoms with Gasteiger partial charge in [-0.1, -0.05) is 54.1 Å². The van der Waals surface area contributed by atoms with Crippen molar-refractivity contribution in [2.45, 2.75) is 26.6 Å². The lowest BCUT2D eigenvalue weighted by Crippen LogP contribution is -2.36. The van der Waals surface area contributed by atoms with Crippen LogP contribution in [0.1, 0.15) is 22.3 Å². The number of aryl methyl sites for hydroxylation is 1. The molecule has 0 saturated heterocycles. The molecule has 0 aliphatic carbocycles. The Morgan fingerprint density at radius 2 is 1.63 bits per heavy atom. The van der Waals surface area contributed by atoms with Crippen molar-refractivity contribution in [3.8, 4) is 0 Å². The summed E-state index contributed by atoms with van der Waals surface area (Å²) in [5.74, 6) is 0.795. The lowest BCUT2D eigenvalue weighted by Gasteiger charge is -2.13. The number of rotatable bonds is 6. The maximum atomic E-state index is 4.30. The fourth-order valence-corrected chi connectivity index (χ4v) is 2.83. The summed E-state index contributed by atoms with van der Waals surface area (Å²) in [5.41, 5.74) is 4.96. The molecule has 27 heavy (non-hydrogen) atoms. The normalized spacial score (nSPS) is 11.0. The molecule has 0 bridgehead atoms. The molecule has 0 aliphatic rings. The van der Waals surface area contributed by atoms with Gasteiger partial charge in [0.15, 0.2) is 5.96 Å². The molecule has 2 aromatic carbocycles. The second kappa shape index (κ2) is 10.7. The summed E-state index contributed by atoms with van der Waals surface area (Å²) in [4.78, 5) is 4.30. The predicted octanol–water partition coefficient (Wildman–Crippen LogP) is 3.72. The van der Waals surface area contributed by atoms with Crippen LogP contribution >= 0.6 is 24.0 Å². The highest BCUT2D eigenvalue weighted by Crippen LogP contribution is 2.07. The summed E-state index contributed by atoms with van der Waals surface area (Å²) in [6.45, 7) is 4.36. The molecule has 3 aromatic rings. The zero-order valence-electron chi connectivity index (χ0n) is 15.7. The monoisotopic (exact) mass is 475 g/mol. The van der Waals surface area contributed by atoms with Crippen LogP contribution < -0.4 is 10.6 Å². The second-order valence-corrected chi connectivity index (χ2v) is 6.29. The fourth-order valence-electron chi connectivity index (χ4n) is 2.83. The Hall–Kier alpha value is -2.35. The van der Waals surface area contributed by atoms with Crippen LogP contribution in [0.25, 0.3) is 0 Å². The standard InChI is InChI=1S/C21H25N5.HI/c1-17-6-3-7-18(12-17)14-23-21(22-2)24-15-19-8-4-9-20(13-19)16-26-11-5-10-25-26;/h3-13H,14-16H2,1-2H3,(H2,22,23,24);1H. The lowest BCUT2D eigenvalue weighted by atomic mass is 10.1. The Balaban J connectivity index is 0.00000261. The van der Waals surface area contributed by atoms with Gasteiger partial charge in [0.25, 0.3) is 0 Å². The minimum Gasteiger partial charge on any atom is -0.352 e. The van der Waals surface area contributed by atoms with E-state index in [1.54, 1.807) is 13.2 Å². The van der Waals surface area contributed by atoms with Crippen LogP contribution in [0.3, 0.4) is 0 Å². The molecular formula is C21H26IN5. The minimum atomic E-state index is 0.